The van der Waals surface area contributed by atoms with Gasteiger partial charge in [0.25, 0.3) is 0 Å². The average Bonchev–Trinajstić information content (AvgIpc) is 2.30. The molecule has 0 aliphatic carbocycles. The number of amides is 1. The smallest absolute Gasteiger partial charge is 0.246 e. The van der Waals surface area contributed by atoms with E-state index >= 15 is 0 Å². The summed E-state index contributed by atoms with van der Waals surface area (Å²) in [6.45, 7) is 8.38. The van der Waals surface area contributed by atoms with E-state index in [1.54, 1.807) is 0 Å². The standard InChI is InChI=1S/C9H12.C6H13NO2.3CH4.Y/c1-8(2)9-6-4-3-5-7-9;1-5(2)7-6(8)4-9-3;;;;/h3-8H,1-2H3;5H,4H2,1-3H3,(H,7,8);3*1H4;. The Balaban J connectivity index is -0.0000000741. The van der Waals surface area contributed by atoms with E-state index in [1.165, 1.54) is 12.7 Å². The third-order valence-electron chi connectivity index (χ3n) is 2.19. The van der Waals surface area contributed by atoms with E-state index in [4.69, 9.17) is 0 Å². The third-order valence-corrected chi connectivity index (χ3v) is 2.19. The molecule has 1 aromatic rings. The summed E-state index contributed by atoms with van der Waals surface area (Å²) in [6, 6.07) is 10.7. The van der Waals surface area contributed by atoms with Gasteiger partial charge in [-0.1, -0.05) is 66.5 Å². The van der Waals surface area contributed by atoms with Crippen LogP contribution in [0.5, 0.6) is 0 Å². The number of nitrogens with one attached hydrogen (secondary N) is 1. The first-order valence-electron chi connectivity index (χ1n) is 6.30. The zero-order chi connectivity index (χ0) is 14.0. The van der Waals surface area contributed by atoms with Gasteiger partial charge >= 0.3 is 0 Å². The second-order valence-electron chi connectivity index (χ2n) is 4.72. The van der Waals surface area contributed by atoms with Crippen LogP contribution in [0.15, 0.2) is 30.3 Å². The monoisotopic (exact) mass is 388 g/mol. The molecule has 129 valence electrons. The van der Waals surface area contributed by atoms with E-state index < -0.39 is 0 Å². The van der Waals surface area contributed by atoms with E-state index in [0.717, 1.165) is 0 Å². The van der Waals surface area contributed by atoms with E-state index in [0.29, 0.717) is 5.92 Å². The molecular formula is C18H37NO2Y. The normalized spacial score (nSPS) is 8.14. The fourth-order valence-electron chi connectivity index (χ4n) is 1.33. The van der Waals surface area contributed by atoms with E-state index in [-0.39, 0.29) is 73.5 Å². The fraction of sp³-hybridized carbons (Fsp3) is 0.611. The Hall–Kier alpha value is -0.246. The van der Waals surface area contributed by atoms with Crippen molar-refractivity contribution in [2.45, 2.75) is 61.9 Å². The maximum absolute atomic E-state index is 10.6. The first-order chi connectivity index (χ1) is 8.47. The third kappa shape index (κ3) is 19.8. The van der Waals surface area contributed by atoms with E-state index in [1.807, 2.05) is 19.9 Å². The molecule has 1 rings (SSSR count). The van der Waals surface area contributed by atoms with Crippen molar-refractivity contribution in [3.63, 3.8) is 0 Å². The van der Waals surface area contributed by atoms with Crippen LogP contribution < -0.4 is 5.32 Å². The van der Waals surface area contributed by atoms with Crippen molar-refractivity contribution in [2.24, 2.45) is 0 Å². The van der Waals surface area contributed by atoms with Crippen molar-refractivity contribution >= 4 is 5.91 Å². The van der Waals surface area contributed by atoms with E-state index in [2.05, 4.69) is 48.2 Å². The fourth-order valence-corrected chi connectivity index (χ4v) is 1.33. The number of carbonyl (C=O) groups excluding carboxylic acids is 1. The summed E-state index contributed by atoms with van der Waals surface area (Å²) in [7, 11) is 1.50. The molecule has 3 nitrogen and oxygen atoms in total. The Morgan fingerprint density at radius 2 is 1.50 bits per heavy atom. The molecule has 1 amide bonds. The van der Waals surface area contributed by atoms with Crippen LogP contribution in [0.1, 0.15) is 61.5 Å². The first-order valence-corrected chi connectivity index (χ1v) is 6.30. The predicted molar refractivity (Wildman–Crippen MR) is 95.9 cm³/mol. The van der Waals surface area contributed by atoms with Gasteiger partial charge in [-0.3, -0.25) is 4.79 Å². The molecule has 0 heterocycles. The van der Waals surface area contributed by atoms with Gasteiger partial charge in [-0.2, -0.15) is 0 Å². The van der Waals surface area contributed by atoms with Crippen LogP contribution in [0, 0.1) is 0 Å². The number of ether oxygens (including phenoxy) is 1. The van der Waals surface area contributed by atoms with Crippen LogP contribution >= 0.6 is 0 Å². The number of hydrogen-bond donors (Lipinski definition) is 1. The Kier molecular flexibility index (Phi) is 31.5. The maximum Gasteiger partial charge on any atom is 0.246 e. The Bertz CT molecular complexity index is 327. The number of carbonyl (C=O) groups is 1. The van der Waals surface area contributed by atoms with Crippen LogP contribution in [0.4, 0.5) is 0 Å². The summed E-state index contributed by atoms with van der Waals surface area (Å²) in [4.78, 5) is 10.6. The largest absolute Gasteiger partial charge is 0.375 e. The molecule has 0 aromatic heterocycles. The molecule has 0 spiro atoms. The summed E-state index contributed by atoms with van der Waals surface area (Å²) in [5, 5.41) is 2.68. The average molecular weight is 388 g/mol. The van der Waals surface area contributed by atoms with Crippen LogP contribution in [0.3, 0.4) is 0 Å². The topological polar surface area (TPSA) is 38.3 Å². The molecule has 0 saturated heterocycles. The number of rotatable bonds is 4. The molecule has 0 fully saturated rings. The SMILES string of the molecule is C.C.C.CC(C)c1ccccc1.COCC(=O)NC(C)C.[Y]. The molecule has 0 saturated carbocycles. The quantitative estimate of drug-likeness (QED) is 0.799. The van der Waals surface area contributed by atoms with Crippen molar-refractivity contribution in [1.82, 2.24) is 5.32 Å². The molecule has 1 N–H and O–H groups in total. The van der Waals surface area contributed by atoms with Crippen LogP contribution in [-0.2, 0) is 42.2 Å². The van der Waals surface area contributed by atoms with Gasteiger partial charge in [-0.05, 0) is 25.3 Å². The van der Waals surface area contributed by atoms with Gasteiger partial charge in [0, 0.05) is 45.9 Å². The first kappa shape index (κ1) is 33.4. The minimum atomic E-state index is -0.0625. The minimum Gasteiger partial charge on any atom is -0.375 e. The second kappa shape index (κ2) is 20.8. The number of methoxy groups -OCH3 is 1. The minimum absolute atomic E-state index is 0. The molecule has 22 heavy (non-hydrogen) atoms. The zero-order valence-corrected chi connectivity index (χ0v) is 15.5. The molecule has 1 aromatic carbocycles. The van der Waals surface area contributed by atoms with Crippen LogP contribution in [0.25, 0.3) is 0 Å². The predicted octanol–water partition coefficient (Wildman–Crippen LogP) is 4.87. The summed E-state index contributed by atoms with van der Waals surface area (Å²) < 4.78 is 4.59. The number of hydrogen-bond acceptors (Lipinski definition) is 2. The van der Waals surface area contributed by atoms with Crippen molar-refractivity contribution in [3.05, 3.63) is 35.9 Å². The van der Waals surface area contributed by atoms with Gasteiger partial charge in [-0.25, -0.2) is 0 Å². The van der Waals surface area contributed by atoms with Gasteiger partial charge < -0.3 is 10.1 Å². The van der Waals surface area contributed by atoms with Crippen LogP contribution in [-0.4, -0.2) is 25.7 Å². The van der Waals surface area contributed by atoms with Gasteiger partial charge in [0.1, 0.15) is 6.61 Å². The summed E-state index contributed by atoms with van der Waals surface area (Å²) >= 11 is 0. The molecule has 1 radical (unpaired) electrons. The van der Waals surface area contributed by atoms with Crippen molar-refractivity contribution < 1.29 is 42.2 Å². The molecule has 0 aliphatic heterocycles. The molecular weight excluding hydrogens is 351 g/mol. The summed E-state index contributed by atoms with van der Waals surface area (Å²) in [6.07, 6.45) is 0. The molecule has 0 unspecified atom stereocenters. The molecule has 0 aliphatic rings. The Labute approximate surface area is 164 Å². The van der Waals surface area contributed by atoms with Crippen LogP contribution in [0.2, 0.25) is 0 Å². The summed E-state index contributed by atoms with van der Waals surface area (Å²) in [5.74, 6) is 0.596. The molecule has 0 bridgehead atoms. The van der Waals surface area contributed by atoms with Crippen molar-refractivity contribution in [1.29, 1.82) is 0 Å². The van der Waals surface area contributed by atoms with Crippen molar-refractivity contribution in [2.75, 3.05) is 13.7 Å². The van der Waals surface area contributed by atoms with Gasteiger partial charge in [0.05, 0.1) is 0 Å². The summed E-state index contributed by atoms with van der Waals surface area (Å²) in [5.41, 5.74) is 1.41. The molecule has 0 atom stereocenters. The van der Waals surface area contributed by atoms with Gasteiger partial charge in [0.2, 0.25) is 5.91 Å². The van der Waals surface area contributed by atoms with Gasteiger partial charge in [-0.15, -0.1) is 0 Å². The van der Waals surface area contributed by atoms with E-state index in [9.17, 15) is 4.79 Å². The second-order valence-corrected chi connectivity index (χ2v) is 4.72. The maximum atomic E-state index is 10.6. The van der Waals surface area contributed by atoms with Crippen molar-refractivity contribution in [3.8, 4) is 0 Å². The number of benzene rings is 1. The zero-order valence-electron chi connectivity index (χ0n) is 12.6. The Morgan fingerprint density at radius 1 is 1.05 bits per heavy atom. The van der Waals surface area contributed by atoms with Gasteiger partial charge in [0.15, 0.2) is 0 Å². The Morgan fingerprint density at radius 3 is 1.77 bits per heavy atom. The molecule has 4 heteroatoms.